The van der Waals surface area contributed by atoms with Crippen LogP contribution >= 0.6 is 0 Å². The molecule has 1 N–H and O–H groups in total. The van der Waals surface area contributed by atoms with Crippen molar-refractivity contribution in [3.05, 3.63) is 35.9 Å². The second-order valence-electron chi connectivity index (χ2n) is 5.82. The minimum atomic E-state index is -0.354. The topological polar surface area (TPSA) is 49.4 Å². The van der Waals surface area contributed by atoms with Gasteiger partial charge in [-0.05, 0) is 24.0 Å². The van der Waals surface area contributed by atoms with Gasteiger partial charge in [0.1, 0.15) is 0 Å². The molecule has 1 rings (SSSR count). The zero-order valence-corrected chi connectivity index (χ0v) is 12.7. The standard InChI is InChI=1S/C16H24N2O2/c1-12(2)10-18(11-13(3)4)16(20)17-15(19)14-8-6-5-7-9-14/h5-9,12-13H,10-11H2,1-4H3,(H,17,19,20). The average molecular weight is 276 g/mol. The Labute approximate surface area is 121 Å². The smallest absolute Gasteiger partial charge is 0.324 e. The fourth-order valence-corrected chi connectivity index (χ4v) is 1.96. The van der Waals surface area contributed by atoms with Crippen molar-refractivity contribution in [2.45, 2.75) is 27.7 Å². The molecule has 0 unspecified atom stereocenters. The van der Waals surface area contributed by atoms with Gasteiger partial charge in [-0.25, -0.2) is 4.79 Å². The predicted molar refractivity (Wildman–Crippen MR) is 80.6 cm³/mol. The lowest BCUT2D eigenvalue weighted by Gasteiger charge is -2.26. The molecule has 0 aromatic heterocycles. The van der Waals surface area contributed by atoms with Crippen LogP contribution in [0.1, 0.15) is 38.1 Å². The normalized spacial score (nSPS) is 10.7. The van der Waals surface area contributed by atoms with E-state index in [0.29, 0.717) is 30.5 Å². The molecule has 20 heavy (non-hydrogen) atoms. The molecule has 0 aliphatic heterocycles. The maximum atomic E-state index is 12.2. The van der Waals surface area contributed by atoms with Gasteiger partial charge in [0.15, 0.2) is 0 Å². The number of nitrogens with zero attached hydrogens (tertiary/aromatic N) is 1. The van der Waals surface area contributed by atoms with Gasteiger partial charge in [-0.3, -0.25) is 10.1 Å². The number of carbonyl (C=O) groups excluding carboxylic acids is 2. The first-order chi connectivity index (χ1) is 9.40. The van der Waals surface area contributed by atoms with E-state index in [1.807, 2.05) is 6.07 Å². The molecule has 0 saturated carbocycles. The van der Waals surface area contributed by atoms with Crippen LogP contribution in [-0.2, 0) is 0 Å². The predicted octanol–water partition coefficient (Wildman–Crippen LogP) is 3.15. The van der Waals surface area contributed by atoms with E-state index >= 15 is 0 Å². The van der Waals surface area contributed by atoms with Crippen LogP contribution in [0.3, 0.4) is 0 Å². The van der Waals surface area contributed by atoms with Crippen molar-refractivity contribution in [2.75, 3.05) is 13.1 Å². The third-order valence-corrected chi connectivity index (χ3v) is 2.71. The van der Waals surface area contributed by atoms with Crippen molar-refractivity contribution in [2.24, 2.45) is 11.8 Å². The monoisotopic (exact) mass is 276 g/mol. The third kappa shape index (κ3) is 5.43. The highest BCUT2D eigenvalue weighted by Gasteiger charge is 2.18. The highest BCUT2D eigenvalue weighted by atomic mass is 16.2. The molecule has 4 heteroatoms. The molecule has 1 aromatic rings. The van der Waals surface area contributed by atoms with E-state index in [9.17, 15) is 9.59 Å². The Kier molecular flexibility index (Phi) is 6.22. The summed E-state index contributed by atoms with van der Waals surface area (Å²) in [4.78, 5) is 25.9. The summed E-state index contributed by atoms with van der Waals surface area (Å²) < 4.78 is 0. The SMILES string of the molecule is CC(C)CN(CC(C)C)C(=O)NC(=O)c1ccccc1. The lowest BCUT2D eigenvalue weighted by atomic mass is 10.1. The lowest BCUT2D eigenvalue weighted by Crippen LogP contribution is -2.45. The van der Waals surface area contributed by atoms with E-state index in [1.165, 1.54) is 0 Å². The Morgan fingerprint density at radius 3 is 1.95 bits per heavy atom. The van der Waals surface area contributed by atoms with E-state index in [0.717, 1.165) is 0 Å². The van der Waals surface area contributed by atoms with Crippen LogP contribution in [0.4, 0.5) is 4.79 Å². The number of benzene rings is 1. The maximum absolute atomic E-state index is 12.2. The molecule has 0 heterocycles. The Morgan fingerprint density at radius 2 is 1.50 bits per heavy atom. The number of imide groups is 1. The van der Waals surface area contributed by atoms with Crippen molar-refractivity contribution in [3.8, 4) is 0 Å². The van der Waals surface area contributed by atoms with Crippen molar-refractivity contribution >= 4 is 11.9 Å². The molecule has 110 valence electrons. The van der Waals surface area contributed by atoms with Crippen LogP contribution < -0.4 is 5.32 Å². The summed E-state index contributed by atoms with van der Waals surface area (Å²) in [6, 6.07) is 8.46. The number of amides is 3. The minimum Gasteiger partial charge on any atom is -0.324 e. The molecule has 1 aromatic carbocycles. The fourth-order valence-electron chi connectivity index (χ4n) is 1.96. The Balaban J connectivity index is 2.68. The molecule has 0 atom stereocenters. The number of carbonyl (C=O) groups is 2. The van der Waals surface area contributed by atoms with Crippen LogP contribution in [0, 0.1) is 11.8 Å². The third-order valence-electron chi connectivity index (χ3n) is 2.71. The van der Waals surface area contributed by atoms with Crippen LogP contribution in [-0.4, -0.2) is 29.9 Å². The maximum Gasteiger partial charge on any atom is 0.324 e. The highest BCUT2D eigenvalue weighted by molar-refractivity contribution is 6.04. The van der Waals surface area contributed by atoms with Gasteiger partial charge in [0.05, 0.1) is 0 Å². The van der Waals surface area contributed by atoms with Crippen molar-refractivity contribution in [1.29, 1.82) is 0 Å². The summed E-state index contributed by atoms with van der Waals surface area (Å²) >= 11 is 0. The molecular weight excluding hydrogens is 252 g/mol. The zero-order valence-electron chi connectivity index (χ0n) is 12.7. The van der Waals surface area contributed by atoms with E-state index in [2.05, 4.69) is 33.0 Å². The number of hydrogen-bond acceptors (Lipinski definition) is 2. The second kappa shape index (κ2) is 7.68. The number of nitrogens with one attached hydrogen (secondary N) is 1. The molecule has 0 aliphatic carbocycles. The van der Waals surface area contributed by atoms with Gasteiger partial charge < -0.3 is 4.90 Å². The largest absolute Gasteiger partial charge is 0.324 e. The van der Waals surface area contributed by atoms with Gasteiger partial charge in [0, 0.05) is 18.7 Å². The number of hydrogen-bond donors (Lipinski definition) is 1. The van der Waals surface area contributed by atoms with Crippen LogP contribution in [0.25, 0.3) is 0 Å². The summed E-state index contributed by atoms with van der Waals surface area (Å²) in [5, 5.41) is 2.46. The average Bonchev–Trinajstić information content (AvgIpc) is 2.37. The Hall–Kier alpha value is -1.84. The Bertz CT molecular complexity index is 431. The summed E-state index contributed by atoms with van der Waals surface area (Å²) in [6.07, 6.45) is 0. The number of urea groups is 1. The van der Waals surface area contributed by atoms with E-state index < -0.39 is 0 Å². The summed E-state index contributed by atoms with van der Waals surface area (Å²) in [5.41, 5.74) is 0.495. The first-order valence-electron chi connectivity index (χ1n) is 7.05. The van der Waals surface area contributed by atoms with E-state index in [-0.39, 0.29) is 11.9 Å². The molecule has 0 spiro atoms. The summed E-state index contributed by atoms with van der Waals surface area (Å²) in [5.74, 6) is 0.380. The van der Waals surface area contributed by atoms with Gasteiger partial charge in [-0.1, -0.05) is 45.9 Å². The summed E-state index contributed by atoms with van der Waals surface area (Å²) in [6.45, 7) is 9.51. The lowest BCUT2D eigenvalue weighted by molar-refractivity contribution is 0.0947. The first-order valence-corrected chi connectivity index (χ1v) is 7.05. The van der Waals surface area contributed by atoms with Crippen molar-refractivity contribution in [3.63, 3.8) is 0 Å². The molecule has 0 saturated heterocycles. The van der Waals surface area contributed by atoms with Gasteiger partial charge in [-0.2, -0.15) is 0 Å². The molecular formula is C16H24N2O2. The van der Waals surface area contributed by atoms with Gasteiger partial charge >= 0.3 is 6.03 Å². The first kappa shape index (κ1) is 16.2. The highest BCUT2D eigenvalue weighted by Crippen LogP contribution is 2.05. The van der Waals surface area contributed by atoms with Crippen molar-refractivity contribution < 1.29 is 9.59 Å². The van der Waals surface area contributed by atoms with Gasteiger partial charge in [0.2, 0.25) is 0 Å². The molecule has 4 nitrogen and oxygen atoms in total. The second-order valence-corrected chi connectivity index (χ2v) is 5.82. The molecule has 0 radical (unpaired) electrons. The van der Waals surface area contributed by atoms with Crippen LogP contribution in [0.2, 0.25) is 0 Å². The van der Waals surface area contributed by atoms with Crippen LogP contribution in [0.5, 0.6) is 0 Å². The molecule has 3 amide bonds. The molecule has 0 aliphatic rings. The molecule has 0 fully saturated rings. The zero-order chi connectivity index (χ0) is 15.1. The van der Waals surface area contributed by atoms with Crippen LogP contribution in [0.15, 0.2) is 30.3 Å². The Morgan fingerprint density at radius 1 is 1.00 bits per heavy atom. The fraction of sp³-hybridized carbons (Fsp3) is 0.500. The van der Waals surface area contributed by atoms with E-state index in [4.69, 9.17) is 0 Å². The summed E-state index contributed by atoms with van der Waals surface area (Å²) in [7, 11) is 0. The van der Waals surface area contributed by atoms with E-state index in [1.54, 1.807) is 29.2 Å². The quantitative estimate of drug-likeness (QED) is 0.898. The number of rotatable bonds is 5. The van der Waals surface area contributed by atoms with Crippen molar-refractivity contribution in [1.82, 2.24) is 10.2 Å². The van der Waals surface area contributed by atoms with Gasteiger partial charge in [-0.15, -0.1) is 0 Å². The van der Waals surface area contributed by atoms with Gasteiger partial charge in [0.25, 0.3) is 5.91 Å². The molecule has 0 bridgehead atoms. The minimum absolute atomic E-state index is 0.318.